The molecule has 102 valence electrons. The van der Waals surface area contributed by atoms with E-state index in [0.717, 1.165) is 17.7 Å². The first-order chi connectivity index (χ1) is 9.88. The summed E-state index contributed by atoms with van der Waals surface area (Å²) >= 11 is 5.37. The van der Waals surface area contributed by atoms with E-state index in [2.05, 4.69) is 79.5 Å². The van der Waals surface area contributed by atoms with Gasteiger partial charge in [0.15, 0.2) is 0 Å². The third-order valence-electron chi connectivity index (χ3n) is 3.33. The molecule has 0 saturated carbocycles. The smallest absolute Gasteiger partial charge is 0.150 e. The van der Waals surface area contributed by atoms with Gasteiger partial charge in [-0.15, -0.1) is 11.3 Å². The molecule has 4 heteroatoms. The van der Waals surface area contributed by atoms with Crippen molar-refractivity contribution in [3.05, 3.63) is 65.8 Å². The zero-order chi connectivity index (χ0) is 13.8. The molecule has 0 bridgehead atoms. The summed E-state index contributed by atoms with van der Waals surface area (Å²) in [6.07, 6.45) is 3.94. The summed E-state index contributed by atoms with van der Waals surface area (Å²) < 4.78 is 2.24. The van der Waals surface area contributed by atoms with Crippen LogP contribution in [0, 0.1) is 0 Å². The molecule has 0 aliphatic heterocycles. The van der Waals surface area contributed by atoms with Gasteiger partial charge in [-0.2, -0.15) is 0 Å². The van der Waals surface area contributed by atoms with E-state index in [0.29, 0.717) is 5.92 Å². The standard InChI is InChI=1S/C16H15BrN2S/c17-11-14(13-5-2-1-3-6-13)12-19-9-8-18-16(19)15-7-4-10-20-15/h1-10,14H,11-12H2. The monoisotopic (exact) mass is 346 g/mol. The van der Waals surface area contributed by atoms with Crippen molar-refractivity contribution in [1.82, 2.24) is 9.55 Å². The number of benzene rings is 1. The number of rotatable bonds is 5. The van der Waals surface area contributed by atoms with Crippen molar-refractivity contribution in [3.8, 4) is 10.7 Å². The molecule has 0 radical (unpaired) electrons. The van der Waals surface area contributed by atoms with E-state index in [-0.39, 0.29) is 0 Å². The van der Waals surface area contributed by atoms with Crippen LogP contribution in [0.5, 0.6) is 0 Å². The molecule has 1 aromatic carbocycles. The summed E-state index contributed by atoms with van der Waals surface area (Å²) in [6, 6.07) is 14.8. The molecule has 2 aromatic heterocycles. The number of hydrogen-bond donors (Lipinski definition) is 0. The molecule has 3 aromatic rings. The molecule has 1 unspecified atom stereocenters. The second-order valence-corrected chi connectivity index (χ2v) is 6.24. The average molecular weight is 347 g/mol. The minimum absolute atomic E-state index is 0.448. The normalized spacial score (nSPS) is 12.4. The van der Waals surface area contributed by atoms with Crippen molar-refractivity contribution in [1.29, 1.82) is 0 Å². The molecule has 1 atom stereocenters. The Hall–Kier alpha value is -1.39. The van der Waals surface area contributed by atoms with Gasteiger partial charge in [-0.1, -0.05) is 52.3 Å². The molecule has 0 N–H and O–H groups in total. The number of aromatic nitrogens is 2. The van der Waals surface area contributed by atoms with Crippen LogP contribution in [-0.4, -0.2) is 14.9 Å². The fourth-order valence-corrected chi connectivity index (χ4v) is 3.61. The minimum atomic E-state index is 0.448. The average Bonchev–Trinajstić information content (AvgIpc) is 3.16. The Labute approximate surface area is 131 Å². The first-order valence-corrected chi connectivity index (χ1v) is 8.54. The van der Waals surface area contributed by atoms with Crippen molar-refractivity contribution in [2.75, 3.05) is 5.33 Å². The van der Waals surface area contributed by atoms with Gasteiger partial charge >= 0.3 is 0 Å². The molecule has 0 fully saturated rings. The Kier molecular flexibility index (Phi) is 4.33. The Morgan fingerprint density at radius 1 is 1.15 bits per heavy atom. The van der Waals surface area contributed by atoms with Crippen LogP contribution in [-0.2, 0) is 6.54 Å². The third-order valence-corrected chi connectivity index (χ3v) is 4.98. The third kappa shape index (κ3) is 2.86. The Morgan fingerprint density at radius 3 is 2.70 bits per heavy atom. The van der Waals surface area contributed by atoms with Gasteiger partial charge in [0.25, 0.3) is 0 Å². The maximum Gasteiger partial charge on any atom is 0.150 e. The van der Waals surface area contributed by atoms with Gasteiger partial charge in [0.1, 0.15) is 5.82 Å². The van der Waals surface area contributed by atoms with Gasteiger partial charge in [0.2, 0.25) is 0 Å². The van der Waals surface area contributed by atoms with Crippen LogP contribution in [0.15, 0.2) is 60.2 Å². The lowest BCUT2D eigenvalue weighted by Gasteiger charge is -2.16. The minimum Gasteiger partial charge on any atom is -0.330 e. The number of halogens is 1. The molecule has 2 nitrogen and oxygen atoms in total. The maximum absolute atomic E-state index is 4.50. The fraction of sp³-hybridized carbons (Fsp3) is 0.188. The second kappa shape index (κ2) is 6.37. The second-order valence-electron chi connectivity index (χ2n) is 4.64. The van der Waals surface area contributed by atoms with Crippen LogP contribution in [0.3, 0.4) is 0 Å². The SMILES string of the molecule is BrCC(Cn1ccnc1-c1cccs1)c1ccccc1. The van der Waals surface area contributed by atoms with E-state index in [1.54, 1.807) is 11.3 Å². The van der Waals surface area contributed by atoms with Crippen LogP contribution in [0.1, 0.15) is 11.5 Å². The molecule has 0 aliphatic carbocycles. The highest BCUT2D eigenvalue weighted by atomic mass is 79.9. The van der Waals surface area contributed by atoms with Crippen molar-refractivity contribution in [3.63, 3.8) is 0 Å². The number of imidazole rings is 1. The van der Waals surface area contributed by atoms with Crippen LogP contribution in [0.25, 0.3) is 10.7 Å². The quantitative estimate of drug-likeness (QED) is 0.607. The van der Waals surface area contributed by atoms with Gasteiger partial charge in [-0.25, -0.2) is 4.98 Å². The Morgan fingerprint density at radius 2 is 2.00 bits per heavy atom. The maximum atomic E-state index is 4.50. The molecule has 2 heterocycles. The fourth-order valence-electron chi connectivity index (χ4n) is 2.29. The lowest BCUT2D eigenvalue weighted by atomic mass is 10.0. The molecule has 0 aliphatic rings. The predicted octanol–water partition coefficient (Wildman–Crippen LogP) is 4.79. The molecule has 20 heavy (non-hydrogen) atoms. The van der Waals surface area contributed by atoms with Crippen LogP contribution >= 0.6 is 27.3 Å². The summed E-state index contributed by atoms with van der Waals surface area (Å²) in [6.45, 7) is 0.933. The highest BCUT2D eigenvalue weighted by Gasteiger charge is 2.14. The van der Waals surface area contributed by atoms with Crippen molar-refractivity contribution >= 4 is 27.3 Å². The summed E-state index contributed by atoms with van der Waals surface area (Å²) in [7, 11) is 0. The highest BCUT2D eigenvalue weighted by Crippen LogP contribution is 2.26. The summed E-state index contributed by atoms with van der Waals surface area (Å²) in [5.74, 6) is 1.51. The summed E-state index contributed by atoms with van der Waals surface area (Å²) in [4.78, 5) is 5.72. The van der Waals surface area contributed by atoms with Crippen LogP contribution in [0.4, 0.5) is 0 Å². The number of thiophene rings is 1. The van der Waals surface area contributed by atoms with Crippen LogP contribution in [0.2, 0.25) is 0 Å². The number of alkyl halides is 1. The van der Waals surface area contributed by atoms with E-state index < -0.39 is 0 Å². The van der Waals surface area contributed by atoms with E-state index >= 15 is 0 Å². The predicted molar refractivity (Wildman–Crippen MR) is 88.5 cm³/mol. The zero-order valence-electron chi connectivity index (χ0n) is 10.9. The molecular weight excluding hydrogens is 332 g/mol. The van der Waals surface area contributed by atoms with Crippen molar-refractivity contribution < 1.29 is 0 Å². The molecule has 0 amide bonds. The lowest BCUT2D eigenvalue weighted by Crippen LogP contribution is -2.10. The van der Waals surface area contributed by atoms with Gasteiger partial charge in [0.05, 0.1) is 4.88 Å². The van der Waals surface area contributed by atoms with E-state index in [9.17, 15) is 0 Å². The molecule has 3 rings (SSSR count). The van der Waals surface area contributed by atoms with E-state index in [4.69, 9.17) is 0 Å². The molecular formula is C16H15BrN2S. The molecule has 0 spiro atoms. The number of hydrogen-bond acceptors (Lipinski definition) is 2. The zero-order valence-corrected chi connectivity index (χ0v) is 13.3. The first kappa shape index (κ1) is 13.6. The highest BCUT2D eigenvalue weighted by molar-refractivity contribution is 9.09. The van der Waals surface area contributed by atoms with E-state index in [1.165, 1.54) is 10.4 Å². The van der Waals surface area contributed by atoms with Gasteiger partial charge in [-0.3, -0.25) is 0 Å². The van der Waals surface area contributed by atoms with Crippen molar-refractivity contribution in [2.45, 2.75) is 12.5 Å². The van der Waals surface area contributed by atoms with E-state index in [1.807, 2.05) is 6.20 Å². The van der Waals surface area contributed by atoms with Crippen molar-refractivity contribution in [2.24, 2.45) is 0 Å². The Balaban J connectivity index is 1.86. The number of nitrogens with zero attached hydrogens (tertiary/aromatic N) is 2. The van der Waals surface area contributed by atoms with Gasteiger partial charge < -0.3 is 4.57 Å². The lowest BCUT2D eigenvalue weighted by molar-refractivity contribution is 0.612. The largest absolute Gasteiger partial charge is 0.330 e. The Bertz CT molecular complexity index is 646. The van der Waals surface area contributed by atoms with Gasteiger partial charge in [0, 0.05) is 30.2 Å². The van der Waals surface area contributed by atoms with Crippen LogP contribution < -0.4 is 0 Å². The summed E-state index contributed by atoms with van der Waals surface area (Å²) in [5.41, 5.74) is 1.36. The van der Waals surface area contributed by atoms with Gasteiger partial charge in [-0.05, 0) is 17.0 Å². The first-order valence-electron chi connectivity index (χ1n) is 6.54. The molecule has 0 saturated heterocycles. The topological polar surface area (TPSA) is 17.8 Å². The summed E-state index contributed by atoms with van der Waals surface area (Å²) in [5, 5.41) is 3.03.